The average Bonchev–Trinajstić information content (AvgIpc) is 2.88. The molecule has 41 heavy (non-hydrogen) atoms. The van der Waals surface area contributed by atoms with Gasteiger partial charge in [-0.3, -0.25) is 4.98 Å². The SMILES string of the molecule is C=C/C(=C\C=C(/C)Nc1nc(C)nc2cc(Cc3ncccc3C(F)(F)F)ccc12)C(F)(F)F.CCCCCNC. The number of nitrogens with zero attached hydrogens (tertiary/aromatic N) is 3. The molecule has 0 amide bonds. The van der Waals surface area contributed by atoms with Gasteiger partial charge in [-0.05, 0) is 75.8 Å². The Kier molecular flexibility index (Phi) is 12.5. The summed E-state index contributed by atoms with van der Waals surface area (Å²) in [4.78, 5) is 12.5. The predicted molar refractivity (Wildman–Crippen MR) is 151 cm³/mol. The van der Waals surface area contributed by atoms with Gasteiger partial charge in [-0.25, -0.2) is 9.97 Å². The van der Waals surface area contributed by atoms with Crippen LogP contribution in [0, 0.1) is 6.92 Å². The number of allylic oxidation sites excluding steroid dienone is 5. The Balaban J connectivity index is 0.000000745. The van der Waals surface area contributed by atoms with Crippen LogP contribution in [-0.4, -0.2) is 34.7 Å². The van der Waals surface area contributed by atoms with Crippen molar-refractivity contribution in [1.29, 1.82) is 0 Å². The molecule has 222 valence electrons. The highest BCUT2D eigenvalue weighted by Crippen LogP contribution is 2.32. The fraction of sp³-hybridized carbons (Fsp3) is 0.367. The van der Waals surface area contributed by atoms with Gasteiger partial charge in [-0.2, -0.15) is 26.3 Å². The second-order valence-corrected chi connectivity index (χ2v) is 9.25. The van der Waals surface area contributed by atoms with E-state index in [9.17, 15) is 26.3 Å². The van der Waals surface area contributed by atoms with E-state index in [2.05, 4.69) is 39.1 Å². The van der Waals surface area contributed by atoms with Gasteiger partial charge in [0.1, 0.15) is 11.6 Å². The first kappa shape index (κ1) is 33.5. The van der Waals surface area contributed by atoms with Crippen molar-refractivity contribution in [2.24, 2.45) is 0 Å². The molecule has 0 saturated heterocycles. The second kappa shape index (κ2) is 15.3. The first-order valence-corrected chi connectivity index (χ1v) is 13.1. The largest absolute Gasteiger partial charge is 0.418 e. The van der Waals surface area contributed by atoms with Crippen molar-refractivity contribution in [3.63, 3.8) is 0 Å². The fourth-order valence-corrected chi connectivity index (χ4v) is 3.80. The zero-order chi connectivity index (χ0) is 30.6. The minimum atomic E-state index is -4.52. The summed E-state index contributed by atoms with van der Waals surface area (Å²) in [6.45, 7) is 9.78. The Hall–Kier alpha value is -3.73. The van der Waals surface area contributed by atoms with E-state index in [4.69, 9.17) is 0 Å². The van der Waals surface area contributed by atoms with Crippen LogP contribution >= 0.6 is 0 Å². The maximum atomic E-state index is 13.3. The maximum Gasteiger partial charge on any atom is 0.418 e. The summed E-state index contributed by atoms with van der Waals surface area (Å²) < 4.78 is 78.5. The fourth-order valence-electron chi connectivity index (χ4n) is 3.80. The van der Waals surface area contributed by atoms with Crippen molar-refractivity contribution in [3.8, 4) is 0 Å². The first-order valence-electron chi connectivity index (χ1n) is 13.1. The molecule has 2 aromatic heterocycles. The van der Waals surface area contributed by atoms with E-state index >= 15 is 0 Å². The third-order valence-corrected chi connectivity index (χ3v) is 5.85. The molecule has 0 atom stereocenters. The highest BCUT2D eigenvalue weighted by Gasteiger charge is 2.33. The number of aromatic nitrogens is 3. The molecule has 2 N–H and O–H groups in total. The van der Waals surface area contributed by atoms with Crippen LogP contribution in [0.2, 0.25) is 0 Å². The molecule has 5 nitrogen and oxygen atoms in total. The molecule has 2 heterocycles. The summed E-state index contributed by atoms with van der Waals surface area (Å²) in [5, 5.41) is 6.62. The molecular formula is C30H35F6N5. The van der Waals surface area contributed by atoms with Crippen molar-refractivity contribution < 1.29 is 26.3 Å². The Labute approximate surface area is 236 Å². The molecule has 0 bridgehead atoms. The number of nitrogens with one attached hydrogen (secondary N) is 2. The normalized spacial score (nSPS) is 12.6. The minimum absolute atomic E-state index is 0.0526. The van der Waals surface area contributed by atoms with Crippen molar-refractivity contribution >= 4 is 16.7 Å². The van der Waals surface area contributed by atoms with E-state index in [0.29, 0.717) is 33.8 Å². The van der Waals surface area contributed by atoms with Gasteiger partial charge in [0.05, 0.1) is 22.3 Å². The maximum absolute atomic E-state index is 13.3. The molecular weight excluding hydrogens is 544 g/mol. The number of aryl methyl sites for hydroxylation is 1. The summed E-state index contributed by atoms with van der Waals surface area (Å²) in [6.07, 6.45) is -0.907. The van der Waals surface area contributed by atoms with Crippen LogP contribution < -0.4 is 10.6 Å². The van der Waals surface area contributed by atoms with Gasteiger partial charge in [0.15, 0.2) is 0 Å². The topological polar surface area (TPSA) is 62.7 Å². The summed E-state index contributed by atoms with van der Waals surface area (Å²) >= 11 is 0. The first-order chi connectivity index (χ1) is 19.3. The van der Waals surface area contributed by atoms with Crippen LogP contribution in [0.25, 0.3) is 10.9 Å². The van der Waals surface area contributed by atoms with Crippen molar-refractivity contribution in [3.05, 3.63) is 95.3 Å². The lowest BCUT2D eigenvalue weighted by Crippen LogP contribution is -2.11. The molecule has 3 rings (SSSR count). The molecule has 0 aliphatic carbocycles. The van der Waals surface area contributed by atoms with E-state index in [1.54, 1.807) is 32.0 Å². The Bertz CT molecular complexity index is 1360. The molecule has 0 aliphatic heterocycles. The molecule has 0 fully saturated rings. The molecule has 0 saturated carbocycles. The van der Waals surface area contributed by atoms with E-state index in [1.165, 1.54) is 44.1 Å². The van der Waals surface area contributed by atoms with E-state index in [-0.39, 0.29) is 12.1 Å². The number of halogens is 6. The van der Waals surface area contributed by atoms with Crippen molar-refractivity contribution in [1.82, 2.24) is 20.3 Å². The van der Waals surface area contributed by atoms with Gasteiger partial charge < -0.3 is 10.6 Å². The monoisotopic (exact) mass is 579 g/mol. The van der Waals surface area contributed by atoms with Crippen LogP contribution in [0.15, 0.2) is 72.6 Å². The molecule has 0 radical (unpaired) electrons. The zero-order valence-electron chi connectivity index (χ0n) is 23.5. The number of hydrogen-bond donors (Lipinski definition) is 2. The van der Waals surface area contributed by atoms with E-state index < -0.39 is 23.5 Å². The zero-order valence-corrected chi connectivity index (χ0v) is 23.5. The third kappa shape index (κ3) is 10.6. The smallest absolute Gasteiger partial charge is 0.343 e. The number of alkyl halides is 6. The average molecular weight is 580 g/mol. The van der Waals surface area contributed by atoms with E-state index in [1.807, 2.05) is 7.05 Å². The van der Waals surface area contributed by atoms with Gasteiger partial charge in [-0.15, -0.1) is 0 Å². The standard InChI is InChI=1S/C24H20F6N4.C6H15N/c1-4-17(23(25,26)27)9-7-14(2)32-22-18-10-8-16(12-20(18)33-15(3)34-22)13-21-19(24(28,29)30)6-5-11-31-21;1-3-4-5-6-7-2/h4-12H,1,13H2,2-3H3,(H,32,33,34);7H,3-6H2,1-2H3/b14-7+,17-9+;. The number of rotatable bonds is 10. The Morgan fingerprint density at radius 3 is 2.37 bits per heavy atom. The molecule has 11 heteroatoms. The predicted octanol–water partition coefficient (Wildman–Crippen LogP) is 8.33. The number of hydrogen-bond acceptors (Lipinski definition) is 5. The molecule has 0 unspecified atom stereocenters. The summed E-state index contributed by atoms with van der Waals surface area (Å²) in [7, 11) is 2.00. The molecule has 0 aliphatic rings. The highest BCUT2D eigenvalue weighted by atomic mass is 19.4. The van der Waals surface area contributed by atoms with Crippen LogP contribution in [-0.2, 0) is 12.6 Å². The van der Waals surface area contributed by atoms with Gasteiger partial charge in [-0.1, -0.05) is 38.5 Å². The molecule has 1 aromatic carbocycles. The summed E-state index contributed by atoms with van der Waals surface area (Å²) in [5.74, 6) is 0.739. The minimum Gasteiger partial charge on any atom is -0.343 e. The van der Waals surface area contributed by atoms with Gasteiger partial charge in [0.2, 0.25) is 0 Å². The number of anilines is 1. The van der Waals surface area contributed by atoms with Crippen molar-refractivity contribution in [2.75, 3.05) is 18.9 Å². The van der Waals surface area contributed by atoms with Crippen LogP contribution in [0.1, 0.15) is 55.8 Å². The quantitative estimate of drug-likeness (QED) is 0.144. The lowest BCUT2D eigenvalue weighted by molar-refractivity contribution is -0.138. The Morgan fingerprint density at radius 1 is 1.02 bits per heavy atom. The molecule has 0 spiro atoms. The number of benzene rings is 1. The Morgan fingerprint density at radius 2 is 1.76 bits per heavy atom. The second-order valence-electron chi connectivity index (χ2n) is 9.25. The van der Waals surface area contributed by atoms with Gasteiger partial charge >= 0.3 is 12.4 Å². The summed E-state index contributed by atoms with van der Waals surface area (Å²) in [6, 6.07) is 7.15. The van der Waals surface area contributed by atoms with Gasteiger partial charge in [0, 0.05) is 23.7 Å². The lowest BCUT2D eigenvalue weighted by atomic mass is 10.0. The van der Waals surface area contributed by atoms with Crippen LogP contribution in [0.4, 0.5) is 32.2 Å². The number of pyridine rings is 1. The van der Waals surface area contributed by atoms with Gasteiger partial charge in [0.25, 0.3) is 0 Å². The number of fused-ring (bicyclic) bond motifs is 1. The van der Waals surface area contributed by atoms with Crippen molar-refractivity contribution in [2.45, 2.75) is 58.8 Å². The lowest BCUT2D eigenvalue weighted by Gasteiger charge is -2.13. The number of unbranched alkanes of at least 4 members (excludes halogenated alkanes) is 2. The summed E-state index contributed by atoms with van der Waals surface area (Å²) in [5.41, 5.74) is -0.376. The highest BCUT2D eigenvalue weighted by molar-refractivity contribution is 5.90. The van der Waals surface area contributed by atoms with E-state index in [0.717, 1.165) is 18.2 Å². The third-order valence-electron chi connectivity index (χ3n) is 5.85. The van der Waals surface area contributed by atoms with Crippen LogP contribution in [0.3, 0.4) is 0 Å². The molecule has 3 aromatic rings. The van der Waals surface area contributed by atoms with Crippen LogP contribution in [0.5, 0.6) is 0 Å².